The Bertz CT molecular complexity index is 622. The lowest BCUT2D eigenvalue weighted by Crippen LogP contribution is -2.31. The molecule has 0 bridgehead atoms. The van der Waals surface area contributed by atoms with Crippen molar-refractivity contribution >= 4 is 22.1 Å². The summed E-state index contributed by atoms with van der Waals surface area (Å²) in [7, 11) is 0. The molecule has 2 aromatic rings. The third-order valence-electron chi connectivity index (χ3n) is 3.79. The summed E-state index contributed by atoms with van der Waals surface area (Å²) in [6.45, 7) is 8.03. The number of imidazole rings is 1. The number of thiazole rings is 1. The summed E-state index contributed by atoms with van der Waals surface area (Å²) in [4.78, 5) is 20.1. The van der Waals surface area contributed by atoms with Gasteiger partial charge in [0.15, 0.2) is 0 Å². The van der Waals surface area contributed by atoms with Crippen molar-refractivity contribution in [1.29, 1.82) is 0 Å². The van der Waals surface area contributed by atoms with E-state index in [1.165, 1.54) is 4.83 Å². The van der Waals surface area contributed by atoms with E-state index in [1.54, 1.807) is 11.3 Å². The average Bonchev–Trinajstić information content (AvgIpc) is 3.02. The lowest BCUT2D eigenvalue weighted by atomic mass is 9.91. The maximum atomic E-state index is 12.3. The van der Waals surface area contributed by atoms with Gasteiger partial charge < -0.3 is 4.90 Å². The third kappa shape index (κ3) is 2.59. The Morgan fingerprint density at radius 3 is 3.05 bits per heavy atom. The molecule has 3 heterocycles. The monoisotopic (exact) mass is 291 g/mol. The Hall–Kier alpha value is -1.36. The van der Waals surface area contributed by atoms with Crippen LogP contribution in [0.4, 0.5) is 0 Å². The van der Waals surface area contributed by atoms with Crippen LogP contribution in [0, 0.1) is 5.41 Å². The van der Waals surface area contributed by atoms with Crippen LogP contribution >= 0.6 is 11.3 Å². The van der Waals surface area contributed by atoms with Crippen LogP contribution in [0.15, 0.2) is 17.9 Å². The van der Waals surface area contributed by atoms with Gasteiger partial charge in [0.25, 0.3) is 0 Å². The molecule has 0 radical (unpaired) electrons. The minimum atomic E-state index is 0.0601. The predicted octanol–water partition coefficient (Wildman–Crippen LogP) is 3.15. The first-order valence-electron chi connectivity index (χ1n) is 7.12. The van der Waals surface area contributed by atoms with Crippen LogP contribution in [-0.4, -0.2) is 33.3 Å². The minimum Gasteiger partial charge on any atom is -0.342 e. The SMILES string of the molecule is CC(C)(C)CC(=O)N1CC[C@H](c2ncn3ccsc23)C1. The molecule has 0 aromatic carbocycles. The van der Waals surface area contributed by atoms with E-state index >= 15 is 0 Å². The van der Waals surface area contributed by atoms with Gasteiger partial charge in [0, 0.05) is 37.0 Å². The highest BCUT2D eigenvalue weighted by atomic mass is 32.1. The van der Waals surface area contributed by atoms with Crippen molar-refractivity contribution in [2.24, 2.45) is 5.41 Å². The van der Waals surface area contributed by atoms with Crippen molar-refractivity contribution in [2.75, 3.05) is 13.1 Å². The van der Waals surface area contributed by atoms with Gasteiger partial charge in [-0.25, -0.2) is 4.98 Å². The van der Waals surface area contributed by atoms with Crippen LogP contribution in [0.5, 0.6) is 0 Å². The molecule has 20 heavy (non-hydrogen) atoms. The smallest absolute Gasteiger partial charge is 0.223 e. The molecule has 1 atom stereocenters. The maximum Gasteiger partial charge on any atom is 0.223 e. The zero-order chi connectivity index (χ0) is 14.3. The molecule has 0 unspecified atom stereocenters. The summed E-state index contributed by atoms with van der Waals surface area (Å²) in [5.74, 6) is 0.671. The van der Waals surface area contributed by atoms with E-state index in [9.17, 15) is 4.79 Å². The Kier molecular flexibility index (Phi) is 3.32. The third-order valence-corrected chi connectivity index (χ3v) is 4.69. The van der Waals surface area contributed by atoms with E-state index in [-0.39, 0.29) is 11.3 Å². The summed E-state index contributed by atoms with van der Waals surface area (Å²) in [5.41, 5.74) is 1.22. The van der Waals surface area contributed by atoms with Crippen molar-refractivity contribution in [3.8, 4) is 0 Å². The van der Waals surface area contributed by atoms with Gasteiger partial charge in [-0.15, -0.1) is 11.3 Å². The first-order chi connectivity index (χ1) is 9.44. The number of rotatable bonds is 2. The minimum absolute atomic E-state index is 0.0601. The lowest BCUT2D eigenvalue weighted by molar-refractivity contribution is -0.132. The number of likely N-dealkylation sites (tertiary alicyclic amines) is 1. The molecule has 1 aliphatic heterocycles. The topological polar surface area (TPSA) is 37.6 Å². The molecule has 1 amide bonds. The molecular weight excluding hydrogens is 270 g/mol. The van der Waals surface area contributed by atoms with Gasteiger partial charge in [-0.3, -0.25) is 9.20 Å². The summed E-state index contributed by atoms with van der Waals surface area (Å²) >= 11 is 1.72. The highest BCUT2D eigenvalue weighted by molar-refractivity contribution is 7.15. The first-order valence-corrected chi connectivity index (χ1v) is 8.00. The second-order valence-corrected chi connectivity index (χ2v) is 7.70. The molecule has 2 aromatic heterocycles. The highest BCUT2D eigenvalue weighted by Crippen LogP contribution is 2.32. The molecule has 0 saturated carbocycles. The standard InChI is InChI=1S/C15H21N3OS/c1-15(2,3)8-12(19)17-5-4-11(9-17)13-14-18(10-16-13)6-7-20-14/h6-7,10-11H,4-5,8-9H2,1-3H3/t11-/m0/s1. The predicted molar refractivity (Wildman–Crippen MR) is 81.1 cm³/mol. The first kappa shape index (κ1) is 13.6. The van der Waals surface area contributed by atoms with Crippen LogP contribution in [0.1, 0.15) is 45.2 Å². The fraction of sp³-hybridized carbons (Fsp3) is 0.600. The maximum absolute atomic E-state index is 12.3. The number of aromatic nitrogens is 2. The molecule has 0 aliphatic carbocycles. The van der Waals surface area contributed by atoms with Gasteiger partial charge in [-0.05, 0) is 11.8 Å². The molecule has 1 saturated heterocycles. The Morgan fingerprint density at radius 2 is 2.30 bits per heavy atom. The number of amides is 1. The normalized spacial score (nSPS) is 19.9. The second-order valence-electron chi connectivity index (χ2n) is 6.81. The number of carbonyl (C=O) groups is 1. The molecular formula is C15H21N3OS. The number of fused-ring (bicyclic) bond motifs is 1. The van der Waals surface area contributed by atoms with Gasteiger partial charge in [0.2, 0.25) is 5.91 Å². The van der Waals surface area contributed by atoms with E-state index in [1.807, 2.05) is 17.4 Å². The Labute approximate surface area is 123 Å². The van der Waals surface area contributed by atoms with E-state index in [4.69, 9.17) is 0 Å². The molecule has 108 valence electrons. The van der Waals surface area contributed by atoms with Gasteiger partial charge in [-0.1, -0.05) is 20.8 Å². The van der Waals surface area contributed by atoms with Crippen LogP contribution in [0.25, 0.3) is 4.83 Å². The quantitative estimate of drug-likeness (QED) is 0.852. The number of nitrogens with zero attached hydrogens (tertiary/aromatic N) is 3. The zero-order valence-electron chi connectivity index (χ0n) is 12.3. The van der Waals surface area contributed by atoms with Crippen molar-refractivity contribution in [3.05, 3.63) is 23.6 Å². The summed E-state index contributed by atoms with van der Waals surface area (Å²) in [5, 5.41) is 2.08. The number of hydrogen-bond donors (Lipinski definition) is 0. The van der Waals surface area contributed by atoms with E-state index in [2.05, 4.69) is 35.5 Å². The van der Waals surface area contributed by atoms with Crippen LogP contribution in [-0.2, 0) is 4.79 Å². The largest absolute Gasteiger partial charge is 0.342 e. The average molecular weight is 291 g/mol. The van der Waals surface area contributed by atoms with Crippen molar-refractivity contribution in [3.63, 3.8) is 0 Å². The molecule has 0 spiro atoms. The second kappa shape index (κ2) is 4.88. The van der Waals surface area contributed by atoms with Crippen LogP contribution in [0.3, 0.4) is 0 Å². The molecule has 5 heteroatoms. The van der Waals surface area contributed by atoms with Crippen molar-refractivity contribution < 1.29 is 4.79 Å². The fourth-order valence-electron chi connectivity index (χ4n) is 2.81. The number of carbonyl (C=O) groups excluding carboxylic acids is 1. The van der Waals surface area contributed by atoms with Crippen LogP contribution in [0.2, 0.25) is 0 Å². The zero-order valence-corrected chi connectivity index (χ0v) is 13.1. The molecule has 1 fully saturated rings. The van der Waals surface area contributed by atoms with Gasteiger partial charge in [-0.2, -0.15) is 0 Å². The van der Waals surface area contributed by atoms with Crippen molar-refractivity contribution in [2.45, 2.75) is 39.5 Å². The number of hydrogen-bond acceptors (Lipinski definition) is 3. The van der Waals surface area contributed by atoms with Crippen molar-refractivity contribution in [1.82, 2.24) is 14.3 Å². The summed E-state index contributed by atoms with van der Waals surface area (Å²) < 4.78 is 2.07. The molecule has 3 rings (SSSR count). The fourth-order valence-corrected chi connectivity index (χ4v) is 3.70. The van der Waals surface area contributed by atoms with Gasteiger partial charge >= 0.3 is 0 Å². The Morgan fingerprint density at radius 1 is 1.50 bits per heavy atom. The summed E-state index contributed by atoms with van der Waals surface area (Å²) in [6, 6.07) is 0. The summed E-state index contributed by atoms with van der Waals surface area (Å²) in [6.07, 6.45) is 5.56. The van der Waals surface area contributed by atoms with Gasteiger partial charge in [0.1, 0.15) is 11.2 Å². The highest BCUT2D eigenvalue weighted by Gasteiger charge is 2.31. The van der Waals surface area contributed by atoms with E-state index < -0.39 is 0 Å². The van der Waals surface area contributed by atoms with E-state index in [0.717, 1.165) is 25.2 Å². The van der Waals surface area contributed by atoms with Gasteiger partial charge in [0.05, 0.1) is 5.69 Å². The molecule has 0 N–H and O–H groups in total. The molecule has 1 aliphatic rings. The van der Waals surface area contributed by atoms with Crippen LogP contribution < -0.4 is 0 Å². The molecule has 4 nitrogen and oxygen atoms in total. The van der Waals surface area contributed by atoms with E-state index in [0.29, 0.717) is 12.3 Å². The Balaban J connectivity index is 1.71. The lowest BCUT2D eigenvalue weighted by Gasteiger charge is -2.22.